The SMILES string of the molecule is O=C(CCC1CCCCC1)NC1CCN(C(=O)c2ccccc2F)CC1. The summed E-state index contributed by atoms with van der Waals surface area (Å²) in [5.41, 5.74) is 0.127. The van der Waals surface area contributed by atoms with Crippen LogP contribution in [0.5, 0.6) is 0 Å². The average Bonchev–Trinajstić information content (AvgIpc) is 2.68. The third-order valence-electron chi connectivity index (χ3n) is 5.76. The Bertz CT molecular complexity index is 620. The zero-order valence-corrected chi connectivity index (χ0v) is 15.4. The van der Waals surface area contributed by atoms with E-state index in [1.165, 1.54) is 44.2 Å². The van der Waals surface area contributed by atoms with Crippen LogP contribution in [0.3, 0.4) is 0 Å². The summed E-state index contributed by atoms with van der Waals surface area (Å²) in [6.45, 7) is 1.11. The number of carbonyl (C=O) groups is 2. The van der Waals surface area contributed by atoms with Crippen LogP contribution in [0.1, 0.15) is 68.1 Å². The third-order valence-corrected chi connectivity index (χ3v) is 5.76. The lowest BCUT2D eigenvalue weighted by molar-refractivity contribution is -0.122. The first kappa shape index (κ1) is 18.9. The molecule has 26 heavy (non-hydrogen) atoms. The monoisotopic (exact) mass is 360 g/mol. The summed E-state index contributed by atoms with van der Waals surface area (Å²) >= 11 is 0. The van der Waals surface area contributed by atoms with E-state index in [0.717, 1.165) is 25.2 Å². The summed E-state index contributed by atoms with van der Waals surface area (Å²) in [6, 6.07) is 6.22. The Morgan fingerprint density at radius 3 is 2.42 bits per heavy atom. The van der Waals surface area contributed by atoms with Crippen molar-refractivity contribution in [3.8, 4) is 0 Å². The molecule has 0 spiro atoms. The van der Waals surface area contributed by atoms with Gasteiger partial charge >= 0.3 is 0 Å². The molecule has 1 N–H and O–H groups in total. The van der Waals surface area contributed by atoms with Gasteiger partial charge in [-0.1, -0.05) is 44.2 Å². The topological polar surface area (TPSA) is 49.4 Å². The second kappa shape index (κ2) is 9.15. The maximum Gasteiger partial charge on any atom is 0.256 e. The van der Waals surface area contributed by atoms with Gasteiger partial charge in [0.25, 0.3) is 5.91 Å². The normalized spacial score (nSPS) is 19.3. The second-order valence-corrected chi connectivity index (χ2v) is 7.66. The minimum Gasteiger partial charge on any atom is -0.353 e. The molecule has 2 aliphatic rings. The molecule has 1 aliphatic heterocycles. The Morgan fingerprint density at radius 2 is 1.73 bits per heavy atom. The van der Waals surface area contributed by atoms with E-state index < -0.39 is 5.82 Å². The first-order chi connectivity index (χ1) is 12.6. The van der Waals surface area contributed by atoms with Crippen LogP contribution in [-0.2, 0) is 4.79 Å². The molecule has 0 radical (unpaired) electrons. The molecule has 0 bridgehead atoms. The highest BCUT2D eigenvalue weighted by Gasteiger charge is 2.26. The Hall–Kier alpha value is -1.91. The van der Waals surface area contributed by atoms with Crippen LogP contribution in [0.15, 0.2) is 24.3 Å². The Kier molecular flexibility index (Phi) is 6.64. The minimum atomic E-state index is -0.476. The van der Waals surface area contributed by atoms with Gasteiger partial charge < -0.3 is 10.2 Å². The van der Waals surface area contributed by atoms with Crippen LogP contribution in [0.4, 0.5) is 4.39 Å². The highest BCUT2D eigenvalue weighted by atomic mass is 19.1. The number of hydrogen-bond acceptors (Lipinski definition) is 2. The fourth-order valence-electron chi connectivity index (χ4n) is 4.14. The summed E-state index contributed by atoms with van der Waals surface area (Å²) in [5.74, 6) is 0.116. The molecule has 4 nitrogen and oxygen atoms in total. The van der Waals surface area contributed by atoms with Crippen molar-refractivity contribution in [3.05, 3.63) is 35.6 Å². The van der Waals surface area contributed by atoms with E-state index in [9.17, 15) is 14.0 Å². The molecule has 1 aromatic carbocycles. The number of piperidine rings is 1. The lowest BCUT2D eigenvalue weighted by Crippen LogP contribution is -2.46. The van der Waals surface area contributed by atoms with Crippen molar-refractivity contribution < 1.29 is 14.0 Å². The van der Waals surface area contributed by atoms with Gasteiger partial charge in [-0.15, -0.1) is 0 Å². The van der Waals surface area contributed by atoms with Gasteiger partial charge in [0.15, 0.2) is 0 Å². The quantitative estimate of drug-likeness (QED) is 0.865. The number of rotatable bonds is 5. The Morgan fingerprint density at radius 1 is 1.04 bits per heavy atom. The van der Waals surface area contributed by atoms with Crippen molar-refractivity contribution in [1.82, 2.24) is 10.2 Å². The molecule has 1 aliphatic carbocycles. The molecule has 3 rings (SSSR count). The van der Waals surface area contributed by atoms with E-state index in [-0.39, 0.29) is 23.4 Å². The van der Waals surface area contributed by atoms with Crippen LogP contribution in [-0.4, -0.2) is 35.8 Å². The fourth-order valence-corrected chi connectivity index (χ4v) is 4.14. The number of benzene rings is 1. The van der Waals surface area contributed by atoms with Crippen molar-refractivity contribution in [1.29, 1.82) is 0 Å². The molecule has 1 saturated heterocycles. The van der Waals surface area contributed by atoms with Crippen LogP contribution in [0.2, 0.25) is 0 Å². The van der Waals surface area contributed by atoms with Gasteiger partial charge in [0.1, 0.15) is 5.82 Å². The van der Waals surface area contributed by atoms with E-state index in [4.69, 9.17) is 0 Å². The lowest BCUT2D eigenvalue weighted by Gasteiger charge is -2.32. The van der Waals surface area contributed by atoms with Crippen molar-refractivity contribution in [2.45, 2.75) is 63.8 Å². The predicted octanol–water partition coefficient (Wildman–Crippen LogP) is 3.91. The van der Waals surface area contributed by atoms with Gasteiger partial charge in [-0.3, -0.25) is 9.59 Å². The lowest BCUT2D eigenvalue weighted by atomic mass is 9.86. The standard InChI is InChI=1S/C21H29FN2O2/c22-19-9-5-4-8-18(19)21(26)24-14-12-17(13-15-24)23-20(25)11-10-16-6-2-1-3-7-16/h4-5,8-9,16-17H,1-3,6-7,10-15H2,(H,23,25). The zero-order valence-electron chi connectivity index (χ0n) is 15.4. The highest BCUT2D eigenvalue weighted by molar-refractivity contribution is 5.94. The molecule has 1 saturated carbocycles. The molecule has 2 fully saturated rings. The third kappa shape index (κ3) is 5.05. The zero-order chi connectivity index (χ0) is 18.4. The minimum absolute atomic E-state index is 0.124. The van der Waals surface area contributed by atoms with Crippen LogP contribution >= 0.6 is 0 Å². The van der Waals surface area contributed by atoms with Gasteiger partial charge in [0.05, 0.1) is 5.56 Å². The van der Waals surface area contributed by atoms with Gasteiger partial charge in [-0.25, -0.2) is 4.39 Å². The molecule has 2 amide bonds. The highest BCUT2D eigenvalue weighted by Crippen LogP contribution is 2.27. The van der Waals surface area contributed by atoms with Crippen molar-refractivity contribution in [2.75, 3.05) is 13.1 Å². The van der Waals surface area contributed by atoms with Crippen LogP contribution in [0.25, 0.3) is 0 Å². The number of nitrogens with one attached hydrogen (secondary N) is 1. The molecule has 1 heterocycles. The Balaban J connectivity index is 1.40. The van der Waals surface area contributed by atoms with Gasteiger partial charge in [0, 0.05) is 25.6 Å². The smallest absolute Gasteiger partial charge is 0.256 e. The molecule has 0 aromatic heterocycles. The molecule has 5 heteroatoms. The van der Waals surface area contributed by atoms with E-state index >= 15 is 0 Å². The fraction of sp³-hybridized carbons (Fsp3) is 0.619. The number of halogens is 1. The van der Waals surface area contributed by atoms with Crippen LogP contribution in [0, 0.1) is 11.7 Å². The predicted molar refractivity (Wildman–Crippen MR) is 99.3 cm³/mol. The first-order valence-corrected chi connectivity index (χ1v) is 9.96. The number of nitrogens with zero attached hydrogens (tertiary/aromatic N) is 1. The second-order valence-electron chi connectivity index (χ2n) is 7.66. The molecule has 142 valence electrons. The summed E-state index contributed by atoms with van der Waals surface area (Å²) < 4.78 is 13.8. The molecular formula is C21H29FN2O2. The maximum absolute atomic E-state index is 13.8. The summed E-state index contributed by atoms with van der Waals surface area (Å²) in [6.07, 6.45) is 9.56. The number of carbonyl (C=O) groups excluding carboxylic acids is 2. The van der Waals surface area contributed by atoms with E-state index in [1.54, 1.807) is 17.0 Å². The van der Waals surface area contributed by atoms with E-state index in [1.807, 2.05) is 0 Å². The van der Waals surface area contributed by atoms with Crippen molar-refractivity contribution in [2.24, 2.45) is 5.92 Å². The molecule has 1 aromatic rings. The summed E-state index contributed by atoms with van der Waals surface area (Å²) in [7, 11) is 0. The largest absolute Gasteiger partial charge is 0.353 e. The maximum atomic E-state index is 13.8. The van der Waals surface area contributed by atoms with Crippen molar-refractivity contribution >= 4 is 11.8 Å². The first-order valence-electron chi connectivity index (χ1n) is 9.96. The molecular weight excluding hydrogens is 331 g/mol. The Labute approximate surface area is 155 Å². The number of amides is 2. The summed E-state index contributed by atoms with van der Waals surface area (Å²) in [5, 5.41) is 3.12. The van der Waals surface area contributed by atoms with Gasteiger partial charge in [-0.05, 0) is 37.3 Å². The van der Waals surface area contributed by atoms with Gasteiger partial charge in [-0.2, -0.15) is 0 Å². The van der Waals surface area contributed by atoms with Crippen molar-refractivity contribution in [3.63, 3.8) is 0 Å². The number of hydrogen-bond donors (Lipinski definition) is 1. The summed E-state index contributed by atoms with van der Waals surface area (Å²) in [4.78, 5) is 26.3. The average molecular weight is 360 g/mol. The number of likely N-dealkylation sites (tertiary alicyclic amines) is 1. The molecule has 0 unspecified atom stereocenters. The van der Waals surface area contributed by atoms with Crippen LogP contribution < -0.4 is 5.32 Å². The van der Waals surface area contributed by atoms with E-state index in [0.29, 0.717) is 19.5 Å². The van der Waals surface area contributed by atoms with Gasteiger partial charge in [0.2, 0.25) is 5.91 Å². The molecule has 0 atom stereocenters. The van der Waals surface area contributed by atoms with E-state index in [2.05, 4.69) is 5.32 Å².